The third kappa shape index (κ3) is 8.24. The summed E-state index contributed by atoms with van der Waals surface area (Å²) in [4.78, 5) is 15.1. The number of hydrogen-bond donors (Lipinski definition) is 0. The Morgan fingerprint density at radius 1 is 0.383 bits per heavy atom. The van der Waals surface area contributed by atoms with Crippen LogP contribution in [-0.4, -0.2) is 15.0 Å². The summed E-state index contributed by atoms with van der Waals surface area (Å²) in [5.74, 6) is 1.91. The summed E-state index contributed by atoms with van der Waals surface area (Å²) in [5, 5.41) is 0. The van der Waals surface area contributed by atoms with E-state index >= 15 is 0 Å². The third-order valence-electron chi connectivity index (χ3n) is 7.54. The number of aryl methyl sites for hydroxylation is 1. The minimum absolute atomic E-state index is 0. The molecule has 1 aromatic heterocycles. The van der Waals surface area contributed by atoms with Crippen molar-refractivity contribution in [3.8, 4) is 67.5 Å². The molecule has 0 aliphatic heterocycles. The first-order valence-electron chi connectivity index (χ1n) is 15.4. The van der Waals surface area contributed by atoms with Crippen molar-refractivity contribution >= 4 is 0 Å². The molecule has 0 saturated carbocycles. The summed E-state index contributed by atoms with van der Waals surface area (Å²) < 4.78 is 0. The van der Waals surface area contributed by atoms with E-state index in [1.165, 1.54) is 5.56 Å². The Hall–Kier alpha value is -5.01. The summed E-state index contributed by atoms with van der Waals surface area (Å²) in [5.41, 5.74) is 10.8. The standard InChI is InChI=1S/C40H28N3.C2H6.CH3.Re/c1-28-21-23-31(24-22-28)34-17-10-20-37(27-34)40-42-38(35-18-8-15-32(25-35)29-11-4-2-5-12-29)41-39(43-40)36-19-9-16-33(26-36)30-13-6-3-7-14-30;1-2;;/h2,4-27H,1H3;1-2H3;1H3;/q-1;;-1;. The first kappa shape index (κ1) is 34.9. The van der Waals surface area contributed by atoms with Gasteiger partial charge in [-0.3, -0.25) is 0 Å². The summed E-state index contributed by atoms with van der Waals surface area (Å²) in [7, 11) is 0. The number of nitrogens with zero attached hydrogens (tertiary/aromatic N) is 3. The van der Waals surface area contributed by atoms with Crippen molar-refractivity contribution in [3.05, 3.63) is 171 Å². The zero-order valence-electron chi connectivity index (χ0n) is 27.2. The summed E-state index contributed by atoms with van der Waals surface area (Å²) >= 11 is 0. The molecule has 3 nitrogen and oxygen atoms in total. The SMILES string of the molecule is CC.Cc1ccc(-c2cccc(-c3nc(-c4cccc(-c5cc[c-]cc5)c4)nc(-c4cccc(-c5ccccc5)c4)n3)c2)cc1.[CH3-].[Re]. The van der Waals surface area contributed by atoms with E-state index in [4.69, 9.17) is 15.0 Å². The second kappa shape index (κ2) is 16.5. The zero-order chi connectivity index (χ0) is 31.0. The smallest absolute Gasteiger partial charge is 0.164 e. The molecule has 0 N–H and O–H groups in total. The average molecular weight is 782 g/mol. The quantitative estimate of drug-likeness (QED) is 0.158. The number of benzene rings is 6. The Bertz CT molecular complexity index is 1920. The summed E-state index contributed by atoms with van der Waals surface area (Å²) in [6.45, 7) is 6.10. The predicted octanol–water partition coefficient (Wildman–Crippen LogP) is 11.5. The van der Waals surface area contributed by atoms with Crippen molar-refractivity contribution in [1.29, 1.82) is 0 Å². The Morgan fingerprint density at radius 3 is 1.15 bits per heavy atom. The molecule has 233 valence electrons. The van der Waals surface area contributed by atoms with Gasteiger partial charge in [-0.15, -0.1) is 5.56 Å². The molecule has 7 aromatic rings. The summed E-state index contributed by atoms with van der Waals surface area (Å²) in [6.07, 6.45) is 0. The van der Waals surface area contributed by atoms with Crippen LogP contribution in [0.15, 0.2) is 152 Å². The number of rotatable bonds is 6. The van der Waals surface area contributed by atoms with E-state index in [2.05, 4.69) is 146 Å². The molecular formula is C43H37N3Re-2. The molecule has 0 atom stereocenters. The minimum Gasteiger partial charge on any atom is -0.358 e. The van der Waals surface area contributed by atoms with Crippen molar-refractivity contribution in [1.82, 2.24) is 15.0 Å². The maximum Gasteiger partial charge on any atom is 0.164 e. The van der Waals surface area contributed by atoms with E-state index in [1.807, 2.05) is 32.0 Å². The molecule has 0 aliphatic carbocycles. The average Bonchev–Trinajstić information content (AvgIpc) is 3.13. The molecule has 0 bridgehead atoms. The van der Waals surface area contributed by atoms with Crippen LogP contribution in [0.5, 0.6) is 0 Å². The fourth-order valence-corrected chi connectivity index (χ4v) is 5.23. The van der Waals surface area contributed by atoms with Gasteiger partial charge in [0.25, 0.3) is 0 Å². The van der Waals surface area contributed by atoms with Crippen molar-refractivity contribution in [3.63, 3.8) is 0 Å². The molecule has 0 amide bonds. The molecule has 7 rings (SSSR count). The Labute approximate surface area is 293 Å². The van der Waals surface area contributed by atoms with Crippen LogP contribution in [-0.2, 0) is 20.4 Å². The van der Waals surface area contributed by atoms with Gasteiger partial charge in [0.15, 0.2) is 17.5 Å². The van der Waals surface area contributed by atoms with Gasteiger partial charge >= 0.3 is 0 Å². The van der Waals surface area contributed by atoms with Crippen LogP contribution < -0.4 is 0 Å². The van der Waals surface area contributed by atoms with Crippen molar-refractivity contribution in [2.75, 3.05) is 0 Å². The predicted molar refractivity (Wildman–Crippen MR) is 194 cm³/mol. The van der Waals surface area contributed by atoms with Gasteiger partial charge in [0.2, 0.25) is 0 Å². The monoisotopic (exact) mass is 782 g/mol. The molecule has 0 unspecified atom stereocenters. The molecule has 1 heterocycles. The third-order valence-corrected chi connectivity index (χ3v) is 7.54. The van der Waals surface area contributed by atoms with Gasteiger partial charge in [-0.25, -0.2) is 15.0 Å². The molecule has 0 spiro atoms. The summed E-state index contributed by atoms with van der Waals surface area (Å²) in [6, 6.07) is 55.2. The second-order valence-electron chi connectivity index (χ2n) is 10.6. The normalized spacial score (nSPS) is 10.1. The minimum atomic E-state index is 0. The van der Waals surface area contributed by atoms with Crippen molar-refractivity contribution in [2.24, 2.45) is 0 Å². The van der Waals surface area contributed by atoms with Gasteiger partial charge in [-0.05, 0) is 52.9 Å². The van der Waals surface area contributed by atoms with Crippen LogP contribution >= 0.6 is 0 Å². The van der Waals surface area contributed by atoms with Crippen molar-refractivity contribution in [2.45, 2.75) is 20.8 Å². The van der Waals surface area contributed by atoms with E-state index in [0.29, 0.717) is 17.5 Å². The number of hydrogen-bond acceptors (Lipinski definition) is 3. The van der Waals surface area contributed by atoms with E-state index < -0.39 is 0 Å². The molecular weight excluding hydrogens is 745 g/mol. The Morgan fingerprint density at radius 2 is 0.723 bits per heavy atom. The van der Waals surface area contributed by atoms with Crippen LogP contribution in [0.2, 0.25) is 0 Å². The van der Waals surface area contributed by atoms with Gasteiger partial charge in [0.1, 0.15) is 0 Å². The van der Waals surface area contributed by atoms with Crippen molar-refractivity contribution < 1.29 is 20.4 Å². The zero-order valence-corrected chi connectivity index (χ0v) is 29.9. The molecule has 4 heteroatoms. The molecule has 6 aromatic carbocycles. The first-order chi connectivity index (χ1) is 22.2. The fraction of sp³-hybridized carbons (Fsp3) is 0.0698. The molecule has 1 radical (unpaired) electrons. The van der Waals surface area contributed by atoms with Crippen LogP contribution in [0, 0.1) is 20.4 Å². The van der Waals surface area contributed by atoms with Crippen LogP contribution in [0.1, 0.15) is 19.4 Å². The van der Waals surface area contributed by atoms with E-state index in [-0.39, 0.29) is 27.8 Å². The van der Waals surface area contributed by atoms with Gasteiger partial charge in [0.05, 0.1) is 0 Å². The van der Waals surface area contributed by atoms with E-state index in [9.17, 15) is 0 Å². The fourth-order valence-electron chi connectivity index (χ4n) is 5.23. The molecule has 0 saturated heterocycles. The number of aromatic nitrogens is 3. The van der Waals surface area contributed by atoms with Crippen LogP contribution in [0.25, 0.3) is 67.5 Å². The topological polar surface area (TPSA) is 38.7 Å². The maximum absolute atomic E-state index is 5.04. The molecule has 47 heavy (non-hydrogen) atoms. The Balaban J connectivity index is 0.00000123. The maximum atomic E-state index is 5.04. The van der Waals surface area contributed by atoms with Gasteiger partial charge in [0, 0.05) is 37.1 Å². The van der Waals surface area contributed by atoms with Crippen LogP contribution in [0.3, 0.4) is 0 Å². The van der Waals surface area contributed by atoms with Gasteiger partial charge in [-0.1, -0.05) is 129 Å². The Kier molecular flexibility index (Phi) is 12.3. The second-order valence-corrected chi connectivity index (χ2v) is 10.6. The van der Waals surface area contributed by atoms with E-state index in [1.54, 1.807) is 0 Å². The van der Waals surface area contributed by atoms with Crippen LogP contribution in [0.4, 0.5) is 0 Å². The van der Waals surface area contributed by atoms with Gasteiger partial charge < -0.3 is 7.43 Å². The largest absolute Gasteiger partial charge is 0.358 e. The van der Waals surface area contributed by atoms with E-state index in [0.717, 1.165) is 50.1 Å². The van der Waals surface area contributed by atoms with Gasteiger partial charge in [-0.2, -0.15) is 30.3 Å². The molecule has 0 aliphatic rings. The molecule has 0 fully saturated rings. The first-order valence-corrected chi connectivity index (χ1v) is 15.4.